The molecule has 1 N–H and O–H groups in total. The van der Waals surface area contributed by atoms with Crippen LogP contribution in [-0.4, -0.2) is 24.6 Å². The van der Waals surface area contributed by atoms with Crippen LogP contribution in [0.1, 0.15) is 53.6 Å². The number of carbonyl (C=O) groups is 2. The molecule has 0 saturated heterocycles. The number of benzene rings is 1. The van der Waals surface area contributed by atoms with Crippen molar-refractivity contribution >= 4 is 39.8 Å². The van der Waals surface area contributed by atoms with Crippen molar-refractivity contribution in [2.75, 3.05) is 11.9 Å². The highest BCUT2D eigenvalue weighted by Crippen LogP contribution is 2.40. The Balaban J connectivity index is 1.81. The third-order valence-corrected chi connectivity index (χ3v) is 6.44. The van der Waals surface area contributed by atoms with Crippen LogP contribution in [0, 0.1) is 12.8 Å². The van der Waals surface area contributed by atoms with E-state index in [-0.39, 0.29) is 11.9 Å². The zero-order valence-corrected chi connectivity index (χ0v) is 18.7. The zero-order valence-electron chi connectivity index (χ0n) is 17.1. The summed E-state index contributed by atoms with van der Waals surface area (Å²) in [5, 5.41) is 4.07. The molecule has 0 saturated carbocycles. The summed E-state index contributed by atoms with van der Waals surface area (Å²) in [7, 11) is 0. The molecule has 1 amide bonds. The Morgan fingerprint density at radius 2 is 2.14 bits per heavy atom. The van der Waals surface area contributed by atoms with E-state index in [1.165, 1.54) is 11.3 Å². The van der Waals surface area contributed by atoms with Gasteiger partial charge in [0.15, 0.2) is 6.10 Å². The molecule has 2 atom stereocenters. The lowest BCUT2D eigenvalue weighted by atomic mass is 9.88. The van der Waals surface area contributed by atoms with E-state index in [1.807, 2.05) is 6.92 Å². The van der Waals surface area contributed by atoms with Crippen molar-refractivity contribution in [3.63, 3.8) is 0 Å². The first-order valence-electron chi connectivity index (χ1n) is 9.85. The second-order valence-corrected chi connectivity index (χ2v) is 8.98. The van der Waals surface area contributed by atoms with E-state index >= 15 is 0 Å². The molecule has 1 aromatic heterocycles. The van der Waals surface area contributed by atoms with Crippen molar-refractivity contribution < 1.29 is 19.1 Å². The standard InChI is InChI=1S/C22H26ClNO4S/c1-5-27-22(26)19-16-8-6-12(2)10-18(16)29-21(19)24-20(25)14(4)28-17-9-7-15(23)11-13(17)3/h7,9,11-12,14H,5-6,8,10H2,1-4H3,(H,24,25)/t12-,14+/m1/s1. The van der Waals surface area contributed by atoms with E-state index < -0.39 is 6.10 Å². The number of esters is 1. The van der Waals surface area contributed by atoms with Gasteiger partial charge < -0.3 is 14.8 Å². The minimum atomic E-state index is -0.733. The number of rotatable bonds is 6. The minimum absolute atomic E-state index is 0.294. The van der Waals surface area contributed by atoms with Gasteiger partial charge in [-0.3, -0.25) is 4.79 Å². The average molecular weight is 436 g/mol. The number of anilines is 1. The van der Waals surface area contributed by atoms with Crippen LogP contribution >= 0.6 is 22.9 Å². The third-order valence-electron chi connectivity index (χ3n) is 5.04. The van der Waals surface area contributed by atoms with Gasteiger partial charge in [0, 0.05) is 9.90 Å². The van der Waals surface area contributed by atoms with Crippen LogP contribution in [0.4, 0.5) is 5.00 Å². The summed E-state index contributed by atoms with van der Waals surface area (Å²) in [6.45, 7) is 7.83. The van der Waals surface area contributed by atoms with Gasteiger partial charge in [0.2, 0.25) is 0 Å². The van der Waals surface area contributed by atoms with E-state index in [2.05, 4.69) is 12.2 Å². The molecular formula is C22H26ClNO4S. The van der Waals surface area contributed by atoms with Crippen molar-refractivity contribution in [3.05, 3.63) is 44.8 Å². The number of carbonyl (C=O) groups excluding carboxylic acids is 2. The normalized spacial score (nSPS) is 16.7. The average Bonchev–Trinajstić information content (AvgIpc) is 3.00. The number of amides is 1. The van der Waals surface area contributed by atoms with Crippen LogP contribution in [-0.2, 0) is 22.4 Å². The number of hydrogen-bond acceptors (Lipinski definition) is 5. The largest absolute Gasteiger partial charge is 0.481 e. The minimum Gasteiger partial charge on any atom is -0.481 e. The van der Waals surface area contributed by atoms with Gasteiger partial charge in [-0.05, 0) is 75.3 Å². The first-order valence-corrected chi connectivity index (χ1v) is 11.0. The first-order chi connectivity index (χ1) is 13.8. The van der Waals surface area contributed by atoms with Crippen LogP contribution in [0.2, 0.25) is 5.02 Å². The molecule has 0 fully saturated rings. The molecule has 1 heterocycles. The summed E-state index contributed by atoms with van der Waals surface area (Å²) in [5.74, 6) is 0.477. The molecule has 1 aromatic carbocycles. The van der Waals surface area contributed by atoms with E-state index in [1.54, 1.807) is 32.0 Å². The summed E-state index contributed by atoms with van der Waals surface area (Å²) in [5.41, 5.74) is 2.37. The van der Waals surface area contributed by atoms with Gasteiger partial charge in [0.05, 0.1) is 12.2 Å². The van der Waals surface area contributed by atoms with Crippen LogP contribution in [0.15, 0.2) is 18.2 Å². The van der Waals surface area contributed by atoms with Gasteiger partial charge in [0.25, 0.3) is 5.91 Å². The predicted octanol–water partition coefficient (Wildman–Crippen LogP) is 5.42. The molecule has 29 heavy (non-hydrogen) atoms. The number of thiophene rings is 1. The molecule has 156 valence electrons. The molecule has 2 aromatic rings. The molecule has 7 heteroatoms. The van der Waals surface area contributed by atoms with Crippen LogP contribution in [0.25, 0.3) is 0 Å². The molecule has 0 aliphatic heterocycles. The van der Waals surface area contributed by atoms with Gasteiger partial charge in [-0.15, -0.1) is 11.3 Å². The highest BCUT2D eigenvalue weighted by atomic mass is 35.5. The smallest absolute Gasteiger partial charge is 0.341 e. The lowest BCUT2D eigenvalue weighted by molar-refractivity contribution is -0.122. The maximum atomic E-state index is 12.8. The first kappa shape index (κ1) is 21.7. The van der Waals surface area contributed by atoms with Gasteiger partial charge >= 0.3 is 5.97 Å². The van der Waals surface area contributed by atoms with E-state index in [9.17, 15) is 9.59 Å². The van der Waals surface area contributed by atoms with E-state index in [0.717, 1.165) is 35.3 Å². The van der Waals surface area contributed by atoms with Crippen LogP contribution < -0.4 is 10.1 Å². The number of hydrogen-bond donors (Lipinski definition) is 1. The maximum absolute atomic E-state index is 12.8. The second-order valence-electron chi connectivity index (χ2n) is 7.44. The van der Waals surface area contributed by atoms with Gasteiger partial charge in [-0.25, -0.2) is 4.79 Å². The van der Waals surface area contributed by atoms with Crippen molar-refractivity contribution in [1.82, 2.24) is 0 Å². The fourth-order valence-corrected chi connectivity index (χ4v) is 5.09. The summed E-state index contributed by atoms with van der Waals surface area (Å²) < 4.78 is 11.1. The fourth-order valence-electron chi connectivity index (χ4n) is 3.46. The Labute approximate surface area is 180 Å². The number of nitrogens with one attached hydrogen (secondary N) is 1. The van der Waals surface area contributed by atoms with Gasteiger partial charge in [-0.2, -0.15) is 0 Å². The Morgan fingerprint density at radius 1 is 1.38 bits per heavy atom. The molecule has 0 radical (unpaired) electrons. The molecular weight excluding hydrogens is 410 g/mol. The summed E-state index contributed by atoms with van der Waals surface area (Å²) in [6.07, 6.45) is 2.03. The molecule has 0 unspecified atom stereocenters. The van der Waals surface area contributed by atoms with Crippen molar-refractivity contribution in [3.8, 4) is 5.75 Å². The van der Waals surface area contributed by atoms with Crippen molar-refractivity contribution in [1.29, 1.82) is 0 Å². The summed E-state index contributed by atoms with van der Waals surface area (Å²) in [4.78, 5) is 26.5. The molecule has 3 rings (SSSR count). The van der Waals surface area contributed by atoms with Crippen molar-refractivity contribution in [2.24, 2.45) is 5.92 Å². The molecule has 5 nitrogen and oxygen atoms in total. The van der Waals surface area contributed by atoms with Crippen LogP contribution in [0.5, 0.6) is 5.75 Å². The van der Waals surface area contributed by atoms with Gasteiger partial charge in [-0.1, -0.05) is 18.5 Å². The Hall–Kier alpha value is -2.05. The van der Waals surface area contributed by atoms with Crippen LogP contribution in [0.3, 0.4) is 0 Å². The summed E-state index contributed by atoms with van der Waals surface area (Å²) in [6, 6.07) is 5.26. The van der Waals surface area contributed by atoms with Gasteiger partial charge in [0.1, 0.15) is 10.8 Å². The zero-order chi connectivity index (χ0) is 21.1. The van der Waals surface area contributed by atoms with E-state index in [0.29, 0.717) is 33.9 Å². The Morgan fingerprint density at radius 3 is 2.83 bits per heavy atom. The quantitative estimate of drug-likeness (QED) is 0.615. The second kappa shape index (κ2) is 9.18. The number of fused-ring (bicyclic) bond motifs is 1. The number of aryl methyl sites for hydroxylation is 1. The monoisotopic (exact) mass is 435 g/mol. The highest BCUT2D eigenvalue weighted by molar-refractivity contribution is 7.17. The molecule has 1 aliphatic rings. The fraction of sp³-hybridized carbons (Fsp3) is 0.455. The topological polar surface area (TPSA) is 64.6 Å². The van der Waals surface area contributed by atoms with E-state index in [4.69, 9.17) is 21.1 Å². The van der Waals surface area contributed by atoms with Crippen molar-refractivity contribution in [2.45, 2.75) is 53.1 Å². The molecule has 0 bridgehead atoms. The lowest BCUT2D eigenvalue weighted by Gasteiger charge is -2.18. The SMILES string of the molecule is CCOC(=O)c1c(NC(=O)[C@H](C)Oc2ccc(Cl)cc2C)sc2c1CC[C@@H](C)C2. The summed E-state index contributed by atoms with van der Waals surface area (Å²) >= 11 is 7.45. The highest BCUT2D eigenvalue weighted by Gasteiger charge is 2.30. The molecule has 0 spiro atoms. The maximum Gasteiger partial charge on any atom is 0.341 e. The lowest BCUT2D eigenvalue weighted by Crippen LogP contribution is -2.30. The predicted molar refractivity (Wildman–Crippen MR) is 116 cm³/mol. The number of ether oxygens (including phenoxy) is 2. The molecule has 1 aliphatic carbocycles. The Kier molecular flexibility index (Phi) is 6.85. The third kappa shape index (κ3) is 4.93. The number of halogens is 1. The Bertz CT molecular complexity index is 924.